The van der Waals surface area contributed by atoms with Crippen molar-refractivity contribution in [1.29, 1.82) is 0 Å². The Labute approximate surface area is 170 Å². The van der Waals surface area contributed by atoms with Crippen molar-refractivity contribution in [2.24, 2.45) is 5.73 Å². The van der Waals surface area contributed by atoms with Gasteiger partial charge in [-0.25, -0.2) is 4.79 Å². The summed E-state index contributed by atoms with van der Waals surface area (Å²) in [6.45, 7) is -0.493. The van der Waals surface area contributed by atoms with E-state index in [0.29, 0.717) is 16.9 Å². The van der Waals surface area contributed by atoms with E-state index >= 15 is 0 Å². The van der Waals surface area contributed by atoms with Gasteiger partial charge in [0.25, 0.3) is 11.8 Å². The first-order valence-electron chi connectivity index (χ1n) is 8.74. The Bertz CT molecular complexity index is 1060. The van der Waals surface area contributed by atoms with E-state index in [0.717, 1.165) is 0 Å². The van der Waals surface area contributed by atoms with E-state index in [-0.39, 0.29) is 11.3 Å². The summed E-state index contributed by atoms with van der Waals surface area (Å²) >= 11 is 0. The second-order valence-corrected chi connectivity index (χ2v) is 6.07. The van der Waals surface area contributed by atoms with Crippen molar-refractivity contribution in [3.05, 3.63) is 83.8 Å². The zero-order valence-electron chi connectivity index (χ0n) is 15.6. The lowest BCUT2D eigenvalue weighted by Crippen LogP contribution is -2.21. The van der Waals surface area contributed by atoms with E-state index in [1.807, 2.05) is 0 Å². The van der Waals surface area contributed by atoms with Gasteiger partial charge in [0, 0.05) is 16.9 Å². The average molecular weight is 407 g/mol. The molecule has 3 aromatic rings. The molecule has 3 rings (SSSR count). The minimum Gasteiger partial charge on any atom is -0.459 e. The third-order valence-corrected chi connectivity index (χ3v) is 3.91. The fourth-order valence-electron chi connectivity index (χ4n) is 2.42. The summed E-state index contributed by atoms with van der Waals surface area (Å²) in [5, 5.41) is 5.16. The summed E-state index contributed by atoms with van der Waals surface area (Å²) in [6, 6.07) is 15.0. The predicted octanol–water partition coefficient (Wildman–Crippen LogP) is 2.43. The van der Waals surface area contributed by atoms with Crippen molar-refractivity contribution in [2.45, 2.75) is 0 Å². The van der Waals surface area contributed by atoms with Gasteiger partial charge in [-0.05, 0) is 60.7 Å². The fourth-order valence-corrected chi connectivity index (χ4v) is 2.42. The number of hydrogen-bond donors (Lipinski definition) is 3. The molecule has 1 aromatic heterocycles. The number of ether oxygens (including phenoxy) is 1. The van der Waals surface area contributed by atoms with Crippen LogP contribution in [-0.2, 0) is 9.53 Å². The molecule has 152 valence electrons. The van der Waals surface area contributed by atoms with Crippen LogP contribution in [0.5, 0.6) is 0 Å². The highest BCUT2D eigenvalue weighted by Gasteiger charge is 2.12. The highest BCUT2D eigenvalue weighted by molar-refractivity contribution is 6.02. The van der Waals surface area contributed by atoms with Crippen molar-refractivity contribution < 1.29 is 28.3 Å². The molecule has 9 heteroatoms. The Morgan fingerprint density at radius 3 is 2.00 bits per heavy atom. The molecule has 0 saturated heterocycles. The number of anilines is 2. The number of rotatable bonds is 7. The standard InChI is InChI=1S/C21H17N3O6/c22-19(26)13-3-7-15(8-4-13)23-18(25)12-30-21(28)14-5-9-16(10-6-14)24-20(27)17-2-1-11-29-17/h1-11H,12H2,(H2,22,26)(H,23,25)(H,24,27). The Hall–Kier alpha value is -4.40. The Balaban J connectivity index is 1.48. The lowest BCUT2D eigenvalue weighted by molar-refractivity contribution is -0.119. The number of furan rings is 1. The number of amides is 3. The number of hydrogen-bond acceptors (Lipinski definition) is 6. The maximum absolute atomic E-state index is 12.1. The van der Waals surface area contributed by atoms with Gasteiger partial charge in [0.2, 0.25) is 5.91 Å². The molecular formula is C21H17N3O6. The zero-order chi connectivity index (χ0) is 21.5. The lowest BCUT2D eigenvalue weighted by Gasteiger charge is -2.08. The maximum atomic E-state index is 12.1. The predicted molar refractivity (Wildman–Crippen MR) is 107 cm³/mol. The van der Waals surface area contributed by atoms with Crippen LogP contribution in [0.1, 0.15) is 31.3 Å². The normalized spacial score (nSPS) is 10.1. The molecule has 30 heavy (non-hydrogen) atoms. The van der Waals surface area contributed by atoms with Crippen molar-refractivity contribution in [3.63, 3.8) is 0 Å². The number of carbonyl (C=O) groups excluding carboxylic acids is 4. The number of carbonyl (C=O) groups is 4. The number of nitrogens with one attached hydrogen (secondary N) is 2. The first-order chi connectivity index (χ1) is 14.4. The topological polar surface area (TPSA) is 141 Å². The Kier molecular flexibility index (Phi) is 6.23. The number of nitrogens with two attached hydrogens (primary N) is 1. The molecule has 9 nitrogen and oxygen atoms in total. The van der Waals surface area contributed by atoms with E-state index in [2.05, 4.69) is 10.6 Å². The zero-order valence-corrected chi connectivity index (χ0v) is 15.6. The van der Waals surface area contributed by atoms with Gasteiger partial charge in [-0.3, -0.25) is 14.4 Å². The molecule has 0 aliphatic rings. The quantitative estimate of drug-likeness (QED) is 0.514. The molecular weight excluding hydrogens is 390 g/mol. The van der Waals surface area contributed by atoms with E-state index in [4.69, 9.17) is 14.9 Å². The van der Waals surface area contributed by atoms with Crippen molar-refractivity contribution in [1.82, 2.24) is 0 Å². The molecule has 3 amide bonds. The monoisotopic (exact) mass is 407 g/mol. The van der Waals surface area contributed by atoms with Gasteiger partial charge in [0.15, 0.2) is 12.4 Å². The summed E-state index contributed by atoms with van der Waals surface area (Å²) < 4.78 is 9.97. The van der Waals surface area contributed by atoms with Gasteiger partial charge in [-0.2, -0.15) is 0 Å². The van der Waals surface area contributed by atoms with Gasteiger partial charge in [0.05, 0.1) is 11.8 Å². The van der Waals surface area contributed by atoms with Crippen LogP contribution >= 0.6 is 0 Å². The van der Waals surface area contributed by atoms with Crippen LogP contribution in [-0.4, -0.2) is 30.3 Å². The SMILES string of the molecule is NC(=O)c1ccc(NC(=O)COC(=O)c2ccc(NC(=O)c3ccco3)cc2)cc1. The van der Waals surface area contributed by atoms with E-state index in [1.165, 1.54) is 60.9 Å². The molecule has 0 atom stereocenters. The second-order valence-electron chi connectivity index (χ2n) is 6.07. The third kappa shape index (κ3) is 5.32. The molecule has 2 aromatic carbocycles. The van der Waals surface area contributed by atoms with Crippen molar-refractivity contribution in [3.8, 4) is 0 Å². The van der Waals surface area contributed by atoms with Gasteiger partial charge < -0.3 is 25.5 Å². The van der Waals surface area contributed by atoms with E-state index < -0.39 is 30.3 Å². The Morgan fingerprint density at radius 1 is 0.833 bits per heavy atom. The van der Waals surface area contributed by atoms with E-state index in [1.54, 1.807) is 6.07 Å². The molecule has 0 fully saturated rings. The molecule has 4 N–H and O–H groups in total. The molecule has 0 aliphatic heterocycles. The van der Waals surface area contributed by atoms with Crippen molar-refractivity contribution >= 4 is 35.1 Å². The highest BCUT2D eigenvalue weighted by Crippen LogP contribution is 2.13. The van der Waals surface area contributed by atoms with Crippen LogP contribution in [0.2, 0.25) is 0 Å². The Morgan fingerprint density at radius 2 is 1.43 bits per heavy atom. The summed E-state index contributed by atoms with van der Waals surface area (Å²) in [5.74, 6) is -2.08. The smallest absolute Gasteiger partial charge is 0.338 e. The van der Waals surface area contributed by atoms with Gasteiger partial charge >= 0.3 is 5.97 Å². The van der Waals surface area contributed by atoms with Crippen LogP contribution in [0.4, 0.5) is 11.4 Å². The number of benzene rings is 2. The molecule has 1 heterocycles. The van der Waals surface area contributed by atoms with Gasteiger partial charge in [-0.15, -0.1) is 0 Å². The minimum atomic E-state index is -0.696. The van der Waals surface area contributed by atoms with Crippen LogP contribution in [0.15, 0.2) is 71.3 Å². The van der Waals surface area contributed by atoms with E-state index in [9.17, 15) is 19.2 Å². The summed E-state index contributed by atoms with van der Waals surface area (Å²) in [4.78, 5) is 46.9. The summed E-state index contributed by atoms with van der Waals surface area (Å²) in [5.41, 5.74) is 6.56. The third-order valence-electron chi connectivity index (χ3n) is 3.91. The number of primary amides is 1. The first kappa shape index (κ1) is 20.3. The molecule has 0 saturated carbocycles. The maximum Gasteiger partial charge on any atom is 0.338 e. The van der Waals surface area contributed by atoms with Crippen LogP contribution < -0.4 is 16.4 Å². The average Bonchev–Trinajstić information content (AvgIpc) is 3.28. The fraction of sp³-hybridized carbons (Fsp3) is 0.0476. The highest BCUT2D eigenvalue weighted by atomic mass is 16.5. The molecule has 0 bridgehead atoms. The molecule has 0 unspecified atom stereocenters. The summed E-state index contributed by atoms with van der Waals surface area (Å²) in [7, 11) is 0. The van der Waals surface area contributed by atoms with Crippen molar-refractivity contribution in [2.75, 3.05) is 17.2 Å². The van der Waals surface area contributed by atoms with Crippen LogP contribution in [0.3, 0.4) is 0 Å². The van der Waals surface area contributed by atoms with Gasteiger partial charge in [-0.1, -0.05) is 0 Å². The number of esters is 1. The minimum absolute atomic E-state index is 0.161. The van der Waals surface area contributed by atoms with Crippen LogP contribution in [0, 0.1) is 0 Å². The second kappa shape index (κ2) is 9.20. The van der Waals surface area contributed by atoms with Gasteiger partial charge in [0.1, 0.15) is 0 Å². The lowest BCUT2D eigenvalue weighted by atomic mass is 10.2. The summed E-state index contributed by atoms with van der Waals surface area (Å²) in [6.07, 6.45) is 1.39. The molecule has 0 spiro atoms. The molecule has 0 aliphatic carbocycles. The molecule has 0 radical (unpaired) electrons. The van der Waals surface area contributed by atoms with Crippen LogP contribution in [0.25, 0.3) is 0 Å². The largest absolute Gasteiger partial charge is 0.459 e. The first-order valence-corrected chi connectivity index (χ1v) is 8.74.